The lowest BCUT2D eigenvalue weighted by atomic mass is 10.2. The molecule has 3 nitrogen and oxygen atoms in total. The maximum atomic E-state index is 12.6. The number of halogens is 2. The van der Waals surface area contributed by atoms with Crippen LogP contribution in [0.3, 0.4) is 0 Å². The average molecular weight is 323 g/mol. The summed E-state index contributed by atoms with van der Waals surface area (Å²) in [6, 6.07) is 5.79. The van der Waals surface area contributed by atoms with Crippen molar-refractivity contribution in [3.8, 4) is 0 Å². The molecule has 0 aliphatic heterocycles. The minimum Gasteiger partial charge on any atom is -0.384 e. The van der Waals surface area contributed by atoms with E-state index in [0.29, 0.717) is 6.54 Å². The lowest BCUT2D eigenvalue weighted by molar-refractivity contribution is 0.235. The molecule has 0 aromatic heterocycles. The van der Waals surface area contributed by atoms with E-state index in [4.69, 9.17) is 0 Å². The van der Waals surface area contributed by atoms with Gasteiger partial charge >= 0.3 is 5.76 Å². The summed E-state index contributed by atoms with van der Waals surface area (Å²) in [4.78, 5) is -0.334. The molecule has 0 aliphatic rings. The molecule has 0 atom stereocenters. The Morgan fingerprint density at radius 1 is 1.20 bits per heavy atom. The summed E-state index contributed by atoms with van der Waals surface area (Å²) in [5.74, 6) is -2.30. The summed E-state index contributed by atoms with van der Waals surface area (Å²) in [7, 11) is -4.56. The van der Waals surface area contributed by atoms with Crippen molar-refractivity contribution >= 4 is 27.3 Å². The number of anilines is 1. The molecule has 7 heteroatoms. The molecule has 0 heterocycles. The second-order valence-electron chi connectivity index (χ2n) is 4.28. The van der Waals surface area contributed by atoms with Crippen LogP contribution in [-0.4, -0.2) is 32.7 Å². The largest absolute Gasteiger partial charge is 0.384 e. The van der Waals surface area contributed by atoms with Gasteiger partial charge in [-0.05, 0) is 37.0 Å². The SMILES string of the molecule is CSCCCCCNc1ccccc1S(=O)(=O)C(F)F. The molecule has 1 N–H and O–H groups in total. The third-order valence-corrected chi connectivity index (χ3v) is 4.90. The first-order valence-corrected chi connectivity index (χ1v) is 9.28. The number of para-hydroxylation sites is 1. The van der Waals surface area contributed by atoms with Crippen LogP contribution in [0, 0.1) is 0 Å². The first-order chi connectivity index (χ1) is 9.50. The Morgan fingerprint density at radius 2 is 1.90 bits per heavy atom. The zero-order chi connectivity index (χ0) is 15.0. The fraction of sp³-hybridized carbons (Fsp3) is 0.538. The molecule has 1 aromatic carbocycles. The number of alkyl halides is 2. The van der Waals surface area contributed by atoms with E-state index in [-0.39, 0.29) is 10.6 Å². The van der Waals surface area contributed by atoms with E-state index in [1.807, 2.05) is 6.26 Å². The average Bonchev–Trinajstić information content (AvgIpc) is 2.43. The van der Waals surface area contributed by atoms with Gasteiger partial charge in [-0.2, -0.15) is 20.5 Å². The molecule has 0 saturated carbocycles. The van der Waals surface area contributed by atoms with Crippen LogP contribution < -0.4 is 5.32 Å². The standard InChI is InChI=1S/C13H19F2NO2S2/c1-19-10-6-2-5-9-16-11-7-3-4-8-12(11)20(17,18)13(14)15/h3-4,7-8,13,16H,2,5-6,9-10H2,1H3. The smallest absolute Gasteiger partial charge is 0.341 e. The number of sulfone groups is 1. The first kappa shape index (κ1) is 17.2. The third kappa shape index (κ3) is 4.94. The van der Waals surface area contributed by atoms with Gasteiger partial charge in [-0.25, -0.2) is 8.42 Å². The minimum atomic E-state index is -4.56. The van der Waals surface area contributed by atoms with E-state index >= 15 is 0 Å². The van der Waals surface area contributed by atoms with Crippen molar-refractivity contribution in [3.63, 3.8) is 0 Å². The lowest BCUT2D eigenvalue weighted by Crippen LogP contribution is -2.14. The van der Waals surface area contributed by atoms with Gasteiger partial charge in [-0.1, -0.05) is 18.6 Å². The Hall–Kier alpha value is -0.820. The number of hydrogen-bond acceptors (Lipinski definition) is 4. The molecule has 1 aromatic rings. The second kappa shape index (κ2) is 8.46. The van der Waals surface area contributed by atoms with Gasteiger partial charge in [-0.3, -0.25) is 0 Å². The zero-order valence-corrected chi connectivity index (χ0v) is 12.9. The molecule has 0 radical (unpaired) electrons. The van der Waals surface area contributed by atoms with Crippen LogP contribution in [0.2, 0.25) is 0 Å². The van der Waals surface area contributed by atoms with Crippen LogP contribution in [0.15, 0.2) is 29.2 Å². The minimum absolute atomic E-state index is 0.248. The van der Waals surface area contributed by atoms with Crippen molar-refractivity contribution in [1.82, 2.24) is 0 Å². The highest BCUT2D eigenvalue weighted by molar-refractivity contribution is 7.98. The molecule has 0 fully saturated rings. The first-order valence-electron chi connectivity index (χ1n) is 6.34. The summed E-state index contributed by atoms with van der Waals surface area (Å²) >= 11 is 1.78. The quantitative estimate of drug-likeness (QED) is 0.705. The molecule has 0 bridgehead atoms. The van der Waals surface area contributed by atoms with Gasteiger partial charge in [0.15, 0.2) is 0 Å². The van der Waals surface area contributed by atoms with E-state index in [1.54, 1.807) is 17.8 Å². The molecule has 0 aliphatic carbocycles. The molecular formula is C13H19F2NO2S2. The van der Waals surface area contributed by atoms with E-state index in [9.17, 15) is 17.2 Å². The number of unbranched alkanes of at least 4 members (excludes halogenated alkanes) is 2. The van der Waals surface area contributed by atoms with Crippen LogP contribution in [0.5, 0.6) is 0 Å². The van der Waals surface area contributed by atoms with Gasteiger partial charge in [0.05, 0.1) is 10.6 Å². The normalized spacial score (nSPS) is 11.8. The number of thioether (sulfide) groups is 1. The van der Waals surface area contributed by atoms with Crippen molar-refractivity contribution in [2.24, 2.45) is 0 Å². The topological polar surface area (TPSA) is 46.2 Å². The Labute approximate surface area is 123 Å². The van der Waals surface area contributed by atoms with Gasteiger partial charge < -0.3 is 5.32 Å². The van der Waals surface area contributed by atoms with Crippen LogP contribution in [0.25, 0.3) is 0 Å². The third-order valence-electron chi connectivity index (χ3n) is 2.77. The molecule has 1 rings (SSSR count). The van der Waals surface area contributed by atoms with E-state index in [0.717, 1.165) is 25.0 Å². The maximum Gasteiger partial charge on any atom is 0.341 e. The summed E-state index contributed by atoms with van der Waals surface area (Å²) in [5.41, 5.74) is 0.248. The van der Waals surface area contributed by atoms with E-state index in [2.05, 4.69) is 5.32 Å². The highest BCUT2D eigenvalue weighted by Gasteiger charge is 2.28. The molecule has 0 saturated heterocycles. The van der Waals surface area contributed by atoms with Crippen molar-refractivity contribution < 1.29 is 17.2 Å². The summed E-state index contributed by atoms with van der Waals surface area (Å²) in [6.07, 6.45) is 5.05. The highest BCUT2D eigenvalue weighted by Crippen LogP contribution is 2.26. The summed E-state index contributed by atoms with van der Waals surface area (Å²) in [5, 5.41) is 2.93. The number of benzene rings is 1. The van der Waals surface area contributed by atoms with Crippen molar-refractivity contribution in [3.05, 3.63) is 24.3 Å². The molecule has 0 spiro atoms. The second-order valence-corrected chi connectivity index (χ2v) is 7.15. The molecule has 114 valence electrons. The van der Waals surface area contributed by atoms with Gasteiger partial charge in [0.2, 0.25) is 9.84 Å². The van der Waals surface area contributed by atoms with Gasteiger partial charge in [0, 0.05) is 6.54 Å². The molecular weight excluding hydrogens is 304 g/mol. The van der Waals surface area contributed by atoms with Crippen molar-refractivity contribution in [1.29, 1.82) is 0 Å². The highest BCUT2D eigenvalue weighted by atomic mass is 32.2. The Balaban J connectivity index is 2.63. The molecule has 0 unspecified atom stereocenters. The fourth-order valence-corrected chi connectivity index (χ4v) is 3.13. The van der Waals surface area contributed by atoms with Gasteiger partial charge in [-0.15, -0.1) is 0 Å². The van der Waals surface area contributed by atoms with Crippen LogP contribution in [0.4, 0.5) is 14.5 Å². The Kier molecular flexibility index (Phi) is 7.29. The molecule has 0 amide bonds. The van der Waals surface area contributed by atoms with Gasteiger partial charge in [0.25, 0.3) is 0 Å². The Bertz CT molecular complexity index is 507. The van der Waals surface area contributed by atoms with Crippen LogP contribution >= 0.6 is 11.8 Å². The Morgan fingerprint density at radius 3 is 2.55 bits per heavy atom. The van der Waals surface area contributed by atoms with Crippen LogP contribution in [0.1, 0.15) is 19.3 Å². The summed E-state index contributed by atoms with van der Waals surface area (Å²) in [6.45, 7) is 0.574. The van der Waals surface area contributed by atoms with E-state index in [1.165, 1.54) is 18.2 Å². The number of hydrogen-bond donors (Lipinski definition) is 1. The van der Waals surface area contributed by atoms with E-state index < -0.39 is 15.6 Å². The van der Waals surface area contributed by atoms with Crippen molar-refractivity contribution in [2.75, 3.05) is 23.9 Å². The lowest BCUT2D eigenvalue weighted by Gasteiger charge is -2.12. The van der Waals surface area contributed by atoms with Crippen LogP contribution in [-0.2, 0) is 9.84 Å². The summed E-state index contributed by atoms with van der Waals surface area (Å²) < 4.78 is 48.2. The number of rotatable bonds is 9. The zero-order valence-electron chi connectivity index (χ0n) is 11.3. The predicted molar refractivity (Wildman–Crippen MR) is 80.4 cm³/mol. The number of nitrogens with one attached hydrogen (secondary N) is 1. The van der Waals surface area contributed by atoms with Crippen molar-refractivity contribution in [2.45, 2.75) is 29.9 Å². The molecule has 20 heavy (non-hydrogen) atoms. The maximum absolute atomic E-state index is 12.6. The predicted octanol–water partition coefficient (Wildman–Crippen LogP) is 3.63. The monoisotopic (exact) mass is 323 g/mol. The fourth-order valence-electron chi connectivity index (χ4n) is 1.73. The van der Waals surface area contributed by atoms with Gasteiger partial charge in [0.1, 0.15) is 0 Å².